The number of nitrogens with one attached hydrogen (secondary N) is 2. The van der Waals surface area contributed by atoms with Crippen LogP contribution in [0.5, 0.6) is 0 Å². The molecule has 132 valence electrons. The minimum Gasteiger partial charge on any atom is -0.364 e. The normalized spacial score (nSPS) is 12.3. The third-order valence-electron chi connectivity index (χ3n) is 3.64. The molecule has 3 aromatic rings. The number of benzene rings is 1. The molecule has 0 radical (unpaired) electrons. The van der Waals surface area contributed by atoms with Crippen molar-refractivity contribution in [1.82, 2.24) is 25.6 Å². The average molecular weight is 452 g/mol. The molecular formula is C17H21IN6O. The Bertz CT molecular complexity index is 785. The summed E-state index contributed by atoms with van der Waals surface area (Å²) in [6, 6.07) is 12.0. The molecule has 0 aliphatic rings. The van der Waals surface area contributed by atoms with Crippen molar-refractivity contribution in [1.29, 1.82) is 0 Å². The summed E-state index contributed by atoms with van der Waals surface area (Å²) in [7, 11) is 1.74. The molecule has 1 unspecified atom stereocenters. The predicted octanol–water partition coefficient (Wildman–Crippen LogP) is 2.90. The van der Waals surface area contributed by atoms with Gasteiger partial charge < -0.3 is 15.2 Å². The molecule has 0 fully saturated rings. The molecule has 7 nitrogen and oxygen atoms in total. The first-order valence-electron chi connectivity index (χ1n) is 7.72. The summed E-state index contributed by atoms with van der Waals surface area (Å²) < 4.78 is 6.66. The van der Waals surface area contributed by atoms with Gasteiger partial charge in [0.05, 0.1) is 18.3 Å². The molecule has 1 aromatic carbocycles. The molecular weight excluding hydrogens is 431 g/mol. The van der Waals surface area contributed by atoms with Crippen LogP contribution in [0.4, 0.5) is 0 Å². The van der Waals surface area contributed by atoms with E-state index in [2.05, 4.69) is 44.9 Å². The Morgan fingerprint density at radius 1 is 1.32 bits per heavy atom. The second-order valence-electron chi connectivity index (χ2n) is 5.33. The molecule has 8 heteroatoms. The predicted molar refractivity (Wildman–Crippen MR) is 107 cm³/mol. The second-order valence-corrected chi connectivity index (χ2v) is 5.33. The molecule has 2 aromatic heterocycles. The maximum atomic E-state index is 4.82. The van der Waals surface area contributed by atoms with Crippen LogP contribution >= 0.6 is 24.0 Å². The highest BCUT2D eigenvalue weighted by Gasteiger charge is 2.09. The Labute approximate surface area is 163 Å². The minimum absolute atomic E-state index is 0. The van der Waals surface area contributed by atoms with Crippen LogP contribution in [0, 0.1) is 0 Å². The van der Waals surface area contributed by atoms with Gasteiger partial charge in [-0.15, -0.1) is 24.0 Å². The third-order valence-corrected chi connectivity index (χ3v) is 3.64. The molecule has 25 heavy (non-hydrogen) atoms. The SMILES string of the molecule is CN=C(NCc1ccon1)NC(C)c1cccc(-n2cccn2)c1.I. The first kappa shape index (κ1) is 19.0. The number of hydrogen-bond acceptors (Lipinski definition) is 4. The number of aromatic nitrogens is 3. The van der Waals surface area contributed by atoms with Gasteiger partial charge in [0.15, 0.2) is 5.96 Å². The highest BCUT2D eigenvalue weighted by atomic mass is 127. The standard InChI is InChI=1S/C17H20N6O.HI/c1-13(21-17(18-2)19-12-15-7-10-24-22-15)14-5-3-6-16(11-14)23-9-4-8-20-23;/h3-11,13H,12H2,1-2H3,(H2,18,19,21);1H. The number of rotatable bonds is 5. The summed E-state index contributed by atoms with van der Waals surface area (Å²) in [5.41, 5.74) is 3.00. The van der Waals surface area contributed by atoms with E-state index in [4.69, 9.17) is 4.52 Å². The van der Waals surface area contributed by atoms with Gasteiger partial charge in [0.2, 0.25) is 0 Å². The van der Waals surface area contributed by atoms with Crippen molar-refractivity contribution in [2.45, 2.75) is 19.5 Å². The minimum atomic E-state index is 0. The highest BCUT2D eigenvalue weighted by molar-refractivity contribution is 14.0. The van der Waals surface area contributed by atoms with Crippen molar-refractivity contribution < 1.29 is 4.52 Å². The maximum Gasteiger partial charge on any atom is 0.191 e. The van der Waals surface area contributed by atoms with Gasteiger partial charge in [0, 0.05) is 25.5 Å². The van der Waals surface area contributed by atoms with E-state index in [1.54, 1.807) is 19.5 Å². The fraction of sp³-hybridized carbons (Fsp3) is 0.235. The van der Waals surface area contributed by atoms with Crippen LogP contribution in [0.25, 0.3) is 5.69 Å². The van der Waals surface area contributed by atoms with E-state index in [-0.39, 0.29) is 30.0 Å². The molecule has 0 aliphatic heterocycles. The van der Waals surface area contributed by atoms with Gasteiger partial charge in [-0.3, -0.25) is 4.99 Å². The van der Waals surface area contributed by atoms with Crippen molar-refractivity contribution in [2.24, 2.45) is 4.99 Å². The van der Waals surface area contributed by atoms with Gasteiger partial charge in [-0.1, -0.05) is 17.3 Å². The topological polar surface area (TPSA) is 80.3 Å². The van der Waals surface area contributed by atoms with Gasteiger partial charge in [0.1, 0.15) is 12.0 Å². The van der Waals surface area contributed by atoms with Crippen molar-refractivity contribution in [2.75, 3.05) is 7.05 Å². The molecule has 0 saturated heterocycles. The summed E-state index contributed by atoms with van der Waals surface area (Å²) in [6.45, 7) is 2.64. The average Bonchev–Trinajstić information content (AvgIpc) is 3.32. The molecule has 2 heterocycles. The lowest BCUT2D eigenvalue weighted by atomic mass is 10.1. The van der Waals surface area contributed by atoms with Crippen LogP contribution in [0.2, 0.25) is 0 Å². The van der Waals surface area contributed by atoms with Gasteiger partial charge >= 0.3 is 0 Å². The first-order chi connectivity index (χ1) is 11.8. The summed E-state index contributed by atoms with van der Waals surface area (Å²) in [4.78, 5) is 4.24. The lowest BCUT2D eigenvalue weighted by Gasteiger charge is -2.18. The van der Waals surface area contributed by atoms with Crippen LogP contribution in [-0.2, 0) is 6.54 Å². The number of nitrogens with zero attached hydrogens (tertiary/aromatic N) is 4. The van der Waals surface area contributed by atoms with Gasteiger partial charge in [0.25, 0.3) is 0 Å². The van der Waals surface area contributed by atoms with Gasteiger partial charge in [-0.25, -0.2) is 4.68 Å². The first-order valence-corrected chi connectivity index (χ1v) is 7.72. The third kappa shape index (κ3) is 5.05. The van der Waals surface area contributed by atoms with E-state index in [0.29, 0.717) is 12.5 Å². The molecule has 0 bridgehead atoms. The Balaban J connectivity index is 0.00000225. The molecule has 1 atom stereocenters. The van der Waals surface area contributed by atoms with E-state index >= 15 is 0 Å². The molecule has 2 N–H and O–H groups in total. The highest BCUT2D eigenvalue weighted by Crippen LogP contribution is 2.16. The molecule has 0 amide bonds. The summed E-state index contributed by atoms with van der Waals surface area (Å²) in [5.74, 6) is 0.704. The fourth-order valence-corrected chi connectivity index (χ4v) is 2.34. The van der Waals surface area contributed by atoms with Crippen LogP contribution in [-0.4, -0.2) is 27.9 Å². The fourth-order valence-electron chi connectivity index (χ4n) is 2.34. The summed E-state index contributed by atoms with van der Waals surface area (Å²) in [6.07, 6.45) is 5.25. The van der Waals surface area contributed by atoms with Crippen molar-refractivity contribution in [3.05, 3.63) is 66.3 Å². The van der Waals surface area contributed by atoms with Gasteiger partial charge in [-0.05, 0) is 30.7 Å². The van der Waals surface area contributed by atoms with Crippen molar-refractivity contribution >= 4 is 29.9 Å². The van der Waals surface area contributed by atoms with Crippen LogP contribution in [0.1, 0.15) is 24.2 Å². The zero-order chi connectivity index (χ0) is 16.8. The number of guanidine groups is 1. The monoisotopic (exact) mass is 452 g/mol. The van der Waals surface area contributed by atoms with E-state index in [0.717, 1.165) is 16.9 Å². The maximum absolute atomic E-state index is 4.82. The van der Waals surface area contributed by atoms with Crippen molar-refractivity contribution in [3.8, 4) is 5.69 Å². The lowest BCUT2D eigenvalue weighted by Crippen LogP contribution is -2.38. The van der Waals surface area contributed by atoms with Gasteiger partial charge in [-0.2, -0.15) is 5.10 Å². The van der Waals surface area contributed by atoms with E-state index in [1.165, 1.54) is 0 Å². The van der Waals surface area contributed by atoms with E-state index in [9.17, 15) is 0 Å². The Kier molecular flexibility index (Phi) is 6.99. The quantitative estimate of drug-likeness (QED) is 0.354. The Morgan fingerprint density at radius 2 is 2.20 bits per heavy atom. The summed E-state index contributed by atoms with van der Waals surface area (Å²) >= 11 is 0. The number of aliphatic imine (C=N–C) groups is 1. The number of halogens is 1. The number of hydrogen-bond donors (Lipinski definition) is 2. The summed E-state index contributed by atoms with van der Waals surface area (Å²) in [5, 5.41) is 14.7. The zero-order valence-electron chi connectivity index (χ0n) is 14.1. The van der Waals surface area contributed by atoms with Crippen molar-refractivity contribution in [3.63, 3.8) is 0 Å². The van der Waals surface area contributed by atoms with E-state index < -0.39 is 0 Å². The Morgan fingerprint density at radius 3 is 2.88 bits per heavy atom. The molecule has 0 spiro atoms. The van der Waals surface area contributed by atoms with E-state index in [1.807, 2.05) is 35.1 Å². The van der Waals surface area contributed by atoms with Crippen LogP contribution in [0.15, 0.2) is 64.6 Å². The largest absolute Gasteiger partial charge is 0.364 e. The molecule has 3 rings (SSSR count). The lowest BCUT2D eigenvalue weighted by molar-refractivity contribution is 0.410. The second kappa shape index (κ2) is 9.21. The zero-order valence-corrected chi connectivity index (χ0v) is 16.4. The van der Waals surface area contributed by atoms with Crippen LogP contribution in [0.3, 0.4) is 0 Å². The smallest absolute Gasteiger partial charge is 0.191 e. The molecule has 0 aliphatic carbocycles. The molecule has 0 saturated carbocycles. The Hall–Kier alpha value is -2.36. The van der Waals surface area contributed by atoms with Crippen LogP contribution < -0.4 is 10.6 Å².